The molecule has 0 aliphatic carbocycles. The van der Waals surface area contributed by atoms with Crippen LogP contribution in [0.2, 0.25) is 5.02 Å². The molecule has 5 heteroatoms. The molecule has 112 valence electrons. The summed E-state index contributed by atoms with van der Waals surface area (Å²) in [5.74, 6) is 0.507. The lowest BCUT2D eigenvalue weighted by Gasteiger charge is -2.25. The molecule has 1 aromatic rings. The summed E-state index contributed by atoms with van der Waals surface area (Å²) in [5.41, 5.74) is 5.75. The molecule has 0 aromatic heterocycles. The smallest absolute Gasteiger partial charge is 0.231 e. The van der Waals surface area contributed by atoms with Crippen LogP contribution in [0.4, 0.5) is 5.69 Å². The number of ether oxygens (including phenoxy) is 1. The number of halogens is 1. The zero-order chi connectivity index (χ0) is 15.3. The molecule has 0 fully saturated rings. The first-order chi connectivity index (χ1) is 9.32. The molecule has 1 amide bonds. The Kier molecular flexibility index (Phi) is 5.84. The standard InChI is InChI=1S/C15H23ClN2O2/c1-5-15(4,9-17)14(19)18-11-6-7-13(12(16)8-11)20-10(2)3/h6-8,10H,5,9,17H2,1-4H3,(H,18,19). The molecule has 0 saturated carbocycles. The van der Waals surface area contributed by atoms with Gasteiger partial charge in [-0.3, -0.25) is 4.79 Å². The molecule has 4 nitrogen and oxygen atoms in total. The first kappa shape index (κ1) is 16.8. The highest BCUT2D eigenvalue weighted by atomic mass is 35.5. The van der Waals surface area contributed by atoms with Crippen molar-refractivity contribution in [3.05, 3.63) is 23.2 Å². The van der Waals surface area contributed by atoms with Crippen LogP contribution < -0.4 is 15.8 Å². The molecular formula is C15H23ClN2O2. The fourth-order valence-corrected chi connectivity index (χ4v) is 1.83. The number of nitrogens with two attached hydrogens (primary N) is 1. The third-order valence-electron chi connectivity index (χ3n) is 3.33. The fourth-order valence-electron chi connectivity index (χ4n) is 1.61. The summed E-state index contributed by atoms with van der Waals surface area (Å²) < 4.78 is 5.55. The second-order valence-electron chi connectivity index (χ2n) is 5.38. The molecule has 0 aliphatic heterocycles. The van der Waals surface area contributed by atoms with E-state index in [0.717, 1.165) is 0 Å². The van der Waals surface area contributed by atoms with Gasteiger partial charge in [0.15, 0.2) is 0 Å². The lowest BCUT2D eigenvalue weighted by Crippen LogP contribution is -2.39. The number of hydrogen-bond donors (Lipinski definition) is 2. The van der Waals surface area contributed by atoms with Crippen LogP contribution in [0.5, 0.6) is 5.75 Å². The molecule has 20 heavy (non-hydrogen) atoms. The molecule has 3 N–H and O–H groups in total. The van der Waals surface area contributed by atoms with E-state index in [9.17, 15) is 4.79 Å². The van der Waals surface area contributed by atoms with Crippen molar-refractivity contribution in [2.24, 2.45) is 11.1 Å². The number of carbonyl (C=O) groups is 1. The van der Waals surface area contributed by atoms with E-state index in [2.05, 4.69) is 5.32 Å². The van der Waals surface area contributed by atoms with Gasteiger partial charge in [-0.2, -0.15) is 0 Å². The van der Waals surface area contributed by atoms with Gasteiger partial charge in [0.2, 0.25) is 5.91 Å². The minimum atomic E-state index is -0.570. The van der Waals surface area contributed by atoms with Crippen molar-refractivity contribution in [3.8, 4) is 5.75 Å². The molecule has 0 bridgehead atoms. The Balaban J connectivity index is 2.84. The summed E-state index contributed by atoms with van der Waals surface area (Å²) in [4.78, 5) is 12.2. The lowest BCUT2D eigenvalue weighted by molar-refractivity contribution is -0.124. The second-order valence-corrected chi connectivity index (χ2v) is 5.79. The molecule has 1 rings (SSSR count). The van der Waals surface area contributed by atoms with Crippen LogP contribution in [0.25, 0.3) is 0 Å². The molecule has 0 heterocycles. The number of amides is 1. The van der Waals surface area contributed by atoms with Crippen LogP contribution >= 0.6 is 11.6 Å². The van der Waals surface area contributed by atoms with Gasteiger partial charge in [-0.25, -0.2) is 0 Å². The van der Waals surface area contributed by atoms with E-state index in [1.807, 2.05) is 27.7 Å². The van der Waals surface area contributed by atoms with E-state index >= 15 is 0 Å². The normalized spacial score (nSPS) is 13.9. The van der Waals surface area contributed by atoms with Gasteiger partial charge in [0.05, 0.1) is 16.5 Å². The highest BCUT2D eigenvalue weighted by Crippen LogP contribution is 2.29. The quantitative estimate of drug-likeness (QED) is 0.845. The van der Waals surface area contributed by atoms with Gasteiger partial charge in [0.1, 0.15) is 5.75 Å². The maximum atomic E-state index is 12.2. The maximum Gasteiger partial charge on any atom is 0.231 e. The van der Waals surface area contributed by atoms with Crippen LogP contribution in [-0.2, 0) is 4.79 Å². The topological polar surface area (TPSA) is 64.4 Å². The molecule has 0 spiro atoms. The lowest BCUT2D eigenvalue weighted by atomic mass is 9.86. The number of benzene rings is 1. The van der Waals surface area contributed by atoms with Crippen molar-refractivity contribution in [1.29, 1.82) is 0 Å². The fraction of sp³-hybridized carbons (Fsp3) is 0.533. The van der Waals surface area contributed by atoms with Crippen molar-refractivity contribution in [2.45, 2.75) is 40.2 Å². The Morgan fingerprint density at radius 1 is 1.50 bits per heavy atom. The SMILES string of the molecule is CCC(C)(CN)C(=O)Nc1ccc(OC(C)C)c(Cl)c1. The second kappa shape index (κ2) is 6.95. The number of hydrogen-bond acceptors (Lipinski definition) is 3. The van der Waals surface area contributed by atoms with Crippen LogP contribution in [0.15, 0.2) is 18.2 Å². The molecular weight excluding hydrogens is 276 g/mol. The minimum Gasteiger partial charge on any atom is -0.489 e. The minimum absolute atomic E-state index is 0.0496. The van der Waals surface area contributed by atoms with Crippen LogP contribution in [0.1, 0.15) is 34.1 Å². The first-order valence-electron chi connectivity index (χ1n) is 6.80. The van der Waals surface area contributed by atoms with E-state index < -0.39 is 5.41 Å². The van der Waals surface area contributed by atoms with Crippen LogP contribution in [0.3, 0.4) is 0 Å². The summed E-state index contributed by atoms with van der Waals surface area (Å²) in [6.45, 7) is 7.96. The molecule has 0 radical (unpaired) electrons. The van der Waals surface area contributed by atoms with Gasteiger partial charge in [-0.1, -0.05) is 18.5 Å². The average Bonchev–Trinajstić information content (AvgIpc) is 2.40. The summed E-state index contributed by atoms with van der Waals surface area (Å²) in [6, 6.07) is 5.21. The van der Waals surface area contributed by atoms with Crippen LogP contribution in [0, 0.1) is 5.41 Å². The summed E-state index contributed by atoms with van der Waals surface area (Å²) in [6.07, 6.45) is 0.728. The summed E-state index contributed by atoms with van der Waals surface area (Å²) in [7, 11) is 0. The van der Waals surface area contributed by atoms with Gasteiger partial charge in [0.25, 0.3) is 0 Å². The summed E-state index contributed by atoms with van der Waals surface area (Å²) >= 11 is 6.14. The third kappa shape index (κ3) is 4.12. The van der Waals surface area contributed by atoms with Gasteiger partial charge >= 0.3 is 0 Å². The number of nitrogens with one attached hydrogen (secondary N) is 1. The van der Waals surface area contributed by atoms with Gasteiger partial charge < -0.3 is 15.8 Å². The Bertz CT molecular complexity index is 471. The first-order valence-corrected chi connectivity index (χ1v) is 7.18. The Hall–Kier alpha value is -1.26. The molecule has 1 atom stereocenters. The van der Waals surface area contributed by atoms with Gasteiger partial charge in [-0.15, -0.1) is 0 Å². The monoisotopic (exact) mass is 298 g/mol. The van der Waals surface area contributed by atoms with E-state index in [1.165, 1.54) is 0 Å². The Labute approximate surface area is 125 Å². The molecule has 1 aromatic carbocycles. The number of rotatable bonds is 6. The van der Waals surface area contributed by atoms with Crippen molar-refractivity contribution in [2.75, 3.05) is 11.9 Å². The van der Waals surface area contributed by atoms with Crippen molar-refractivity contribution in [1.82, 2.24) is 0 Å². The van der Waals surface area contributed by atoms with Gasteiger partial charge in [-0.05, 0) is 45.4 Å². The number of anilines is 1. The maximum absolute atomic E-state index is 12.2. The predicted molar refractivity (Wildman–Crippen MR) is 83.3 cm³/mol. The predicted octanol–water partition coefficient (Wildman–Crippen LogP) is 3.44. The third-order valence-corrected chi connectivity index (χ3v) is 3.63. The van der Waals surface area contributed by atoms with E-state index in [-0.39, 0.29) is 12.0 Å². The Morgan fingerprint density at radius 3 is 2.60 bits per heavy atom. The largest absolute Gasteiger partial charge is 0.489 e. The van der Waals surface area contributed by atoms with Crippen molar-refractivity contribution in [3.63, 3.8) is 0 Å². The average molecular weight is 299 g/mol. The van der Waals surface area contributed by atoms with Crippen molar-refractivity contribution >= 4 is 23.2 Å². The molecule has 1 unspecified atom stereocenters. The van der Waals surface area contributed by atoms with Crippen molar-refractivity contribution < 1.29 is 9.53 Å². The van der Waals surface area contributed by atoms with E-state index in [0.29, 0.717) is 29.4 Å². The Morgan fingerprint density at radius 2 is 2.15 bits per heavy atom. The van der Waals surface area contributed by atoms with Gasteiger partial charge in [0, 0.05) is 12.2 Å². The number of carbonyl (C=O) groups excluding carboxylic acids is 1. The summed E-state index contributed by atoms with van der Waals surface area (Å²) in [5, 5.41) is 3.32. The highest BCUT2D eigenvalue weighted by molar-refractivity contribution is 6.32. The zero-order valence-electron chi connectivity index (χ0n) is 12.5. The zero-order valence-corrected chi connectivity index (χ0v) is 13.3. The van der Waals surface area contributed by atoms with E-state index in [4.69, 9.17) is 22.1 Å². The van der Waals surface area contributed by atoms with Crippen LogP contribution in [-0.4, -0.2) is 18.6 Å². The molecule has 0 aliphatic rings. The van der Waals surface area contributed by atoms with E-state index in [1.54, 1.807) is 18.2 Å². The highest BCUT2D eigenvalue weighted by Gasteiger charge is 2.29. The molecule has 0 saturated heterocycles.